The lowest BCUT2D eigenvalue weighted by atomic mass is 10.4. The van der Waals surface area contributed by atoms with Crippen LogP contribution in [-0.2, 0) is 29.1 Å². The van der Waals surface area contributed by atoms with E-state index in [9.17, 15) is 14.4 Å². The van der Waals surface area contributed by atoms with E-state index in [0.717, 1.165) is 22.0 Å². The zero-order valence-corrected chi connectivity index (χ0v) is 11.6. The van der Waals surface area contributed by atoms with Crippen LogP contribution in [-0.4, -0.2) is 39.1 Å². The molecule has 1 saturated carbocycles. The normalized spacial score (nSPS) is 26.9. The summed E-state index contributed by atoms with van der Waals surface area (Å²) >= 11 is 0. The molecular formula is C13H17N3O5. The summed E-state index contributed by atoms with van der Waals surface area (Å²) < 4.78 is 13.7. The third kappa shape index (κ3) is 2.60. The Balaban J connectivity index is 1.81. The van der Waals surface area contributed by atoms with Crippen LogP contribution >= 0.6 is 0 Å². The molecule has 3 heterocycles. The third-order valence-electron chi connectivity index (χ3n) is 4.10. The summed E-state index contributed by atoms with van der Waals surface area (Å²) in [6, 6.07) is 0. The van der Waals surface area contributed by atoms with Gasteiger partial charge >= 0.3 is 17.1 Å². The maximum atomic E-state index is 12.4. The zero-order chi connectivity index (χ0) is 14.6. The van der Waals surface area contributed by atoms with Gasteiger partial charge in [0.15, 0.2) is 0 Å². The molecule has 0 N–H and O–H groups in total. The highest BCUT2D eigenvalue weighted by Gasteiger charge is 2.31. The summed E-state index contributed by atoms with van der Waals surface area (Å²) in [7, 11) is 0. The van der Waals surface area contributed by atoms with Gasteiger partial charge in [0.1, 0.15) is 0 Å². The van der Waals surface area contributed by atoms with Crippen molar-refractivity contribution in [1.29, 1.82) is 0 Å². The molecule has 0 spiro atoms. The Morgan fingerprint density at radius 2 is 1.14 bits per heavy atom. The van der Waals surface area contributed by atoms with Crippen LogP contribution in [0, 0.1) is 5.92 Å². The fourth-order valence-corrected chi connectivity index (χ4v) is 2.46. The van der Waals surface area contributed by atoms with Gasteiger partial charge in [-0.2, -0.15) is 0 Å². The molecule has 0 aromatic carbocycles. The second kappa shape index (κ2) is 4.67. The number of hydrogen-bond donors (Lipinski definition) is 0. The predicted molar refractivity (Wildman–Crippen MR) is 71.4 cm³/mol. The number of ether oxygens (including phenoxy) is 2. The van der Waals surface area contributed by atoms with E-state index >= 15 is 0 Å². The van der Waals surface area contributed by atoms with Gasteiger partial charge in [-0.15, -0.1) is 0 Å². The van der Waals surface area contributed by atoms with Crippen LogP contribution in [0.15, 0.2) is 14.4 Å². The minimum Gasteiger partial charge on any atom is -0.371 e. The smallest absolute Gasteiger partial charge is 0.336 e. The first-order chi connectivity index (χ1) is 10.1. The highest BCUT2D eigenvalue weighted by Crippen LogP contribution is 2.29. The average Bonchev–Trinajstić information content (AvgIpc) is 3.31. The Bertz CT molecular complexity index is 603. The molecule has 0 amide bonds. The monoisotopic (exact) mass is 295 g/mol. The highest BCUT2D eigenvalue weighted by molar-refractivity contribution is 4.86. The van der Waals surface area contributed by atoms with Gasteiger partial charge in [-0.05, 0) is 18.8 Å². The van der Waals surface area contributed by atoms with E-state index in [1.54, 1.807) is 0 Å². The van der Waals surface area contributed by atoms with E-state index in [0.29, 0.717) is 25.7 Å². The molecule has 0 bridgehead atoms. The maximum absolute atomic E-state index is 12.4. The molecule has 4 rings (SSSR count). The second-order valence-corrected chi connectivity index (χ2v) is 6.03. The molecule has 1 aromatic heterocycles. The Morgan fingerprint density at radius 1 is 0.762 bits per heavy atom. The van der Waals surface area contributed by atoms with Gasteiger partial charge in [-0.25, -0.2) is 28.1 Å². The van der Waals surface area contributed by atoms with Crippen LogP contribution < -0.4 is 17.1 Å². The van der Waals surface area contributed by atoms with Crippen LogP contribution in [0.25, 0.3) is 0 Å². The molecule has 2 aliphatic heterocycles. The molecule has 1 aromatic rings. The van der Waals surface area contributed by atoms with Gasteiger partial charge in [0.2, 0.25) is 0 Å². The van der Waals surface area contributed by atoms with Crippen LogP contribution in [0.2, 0.25) is 0 Å². The predicted octanol–water partition coefficient (Wildman–Crippen LogP) is -1.62. The summed E-state index contributed by atoms with van der Waals surface area (Å²) in [6.45, 7) is 1.94. The van der Waals surface area contributed by atoms with Crippen LogP contribution in [0.5, 0.6) is 0 Å². The molecule has 114 valence electrons. The van der Waals surface area contributed by atoms with Gasteiger partial charge < -0.3 is 9.47 Å². The first-order valence-corrected chi connectivity index (χ1v) is 7.31. The van der Waals surface area contributed by atoms with Crippen molar-refractivity contribution in [3.8, 4) is 0 Å². The molecule has 8 nitrogen and oxygen atoms in total. The summed E-state index contributed by atoms with van der Waals surface area (Å²) in [5, 5.41) is 0. The zero-order valence-electron chi connectivity index (χ0n) is 11.6. The van der Waals surface area contributed by atoms with E-state index in [2.05, 4.69) is 0 Å². The average molecular weight is 295 g/mol. The maximum Gasteiger partial charge on any atom is 0.336 e. The van der Waals surface area contributed by atoms with Crippen molar-refractivity contribution in [2.75, 3.05) is 13.2 Å². The molecule has 1 aliphatic carbocycles. The number of epoxide rings is 2. The lowest BCUT2D eigenvalue weighted by Gasteiger charge is -2.12. The first-order valence-electron chi connectivity index (χ1n) is 7.31. The molecule has 2 unspecified atom stereocenters. The largest absolute Gasteiger partial charge is 0.371 e. The van der Waals surface area contributed by atoms with Crippen molar-refractivity contribution in [2.45, 2.75) is 44.7 Å². The fourth-order valence-electron chi connectivity index (χ4n) is 2.46. The highest BCUT2D eigenvalue weighted by atomic mass is 16.6. The van der Waals surface area contributed by atoms with Crippen LogP contribution in [0.4, 0.5) is 0 Å². The van der Waals surface area contributed by atoms with E-state index in [1.165, 1.54) is 4.57 Å². The van der Waals surface area contributed by atoms with Crippen LogP contribution in [0.1, 0.15) is 12.8 Å². The molecule has 2 saturated heterocycles. The summed E-state index contributed by atoms with van der Waals surface area (Å²) in [5.41, 5.74) is -1.58. The molecule has 8 heteroatoms. The van der Waals surface area contributed by atoms with E-state index < -0.39 is 17.1 Å². The minimum absolute atomic E-state index is 0.0899. The van der Waals surface area contributed by atoms with E-state index in [-0.39, 0.29) is 25.3 Å². The number of hydrogen-bond acceptors (Lipinski definition) is 5. The molecule has 3 fully saturated rings. The standard InChI is InChI=1S/C13H17N3O5/c17-11-14(3-8-1-2-8)12(18)16(5-10-7-21-10)13(19)15(11)4-9-6-20-9/h8-10H,1-7H2. The summed E-state index contributed by atoms with van der Waals surface area (Å²) in [5.74, 6) is 0.379. The van der Waals surface area contributed by atoms with Gasteiger partial charge in [-0.3, -0.25) is 0 Å². The van der Waals surface area contributed by atoms with Gasteiger partial charge in [0, 0.05) is 6.54 Å². The lowest BCUT2D eigenvalue weighted by Crippen LogP contribution is -2.55. The van der Waals surface area contributed by atoms with Crippen molar-refractivity contribution in [3.05, 3.63) is 31.5 Å². The van der Waals surface area contributed by atoms with Gasteiger partial charge in [-0.1, -0.05) is 0 Å². The molecule has 2 atom stereocenters. The first kappa shape index (κ1) is 13.0. The van der Waals surface area contributed by atoms with Crippen molar-refractivity contribution < 1.29 is 9.47 Å². The van der Waals surface area contributed by atoms with E-state index in [1.807, 2.05) is 0 Å². The van der Waals surface area contributed by atoms with Crippen molar-refractivity contribution in [1.82, 2.24) is 13.7 Å². The Morgan fingerprint density at radius 3 is 1.48 bits per heavy atom. The molecule has 0 radical (unpaired) electrons. The molecule has 21 heavy (non-hydrogen) atoms. The van der Waals surface area contributed by atoms with Crippen LogP contribution in [0.3, 0.4) is 0 Å². The van der Waals surface area contributed by atoms with Crippen molar-refractivity contribution in [2.24, 2.45) is 5.92 Å². The SMILES string of the molecule is O=c1n(CC2CC2)c(=O)n(CC2CO2)c(=O)n1CC1CO1. The Labute approximate surface area is 119 Å². The topological polar surface area (TPSA) is 91.1 Å². The minimum atomic E-state index is -0.553. The van der Waals surface area contributed by atoms with E-state index in [4.69, 9.17) is 9.47 Å². The number of aromatic nitrogens is 3. The van der Waals surface area contributed by atoms with Crippen molar-refractivity contribution >= 4 is 0 Å². The Hall–Kier alpha value is -1.67. The summed E-state index contributed by atoms with van der Waals surface area (Å²) in [6.07, 6.45) is 1.88. The Kier molecular flexibility index (Phi) is 2.90. The third-order valence-corrected chi connectivity index (χ3v) is 4.10. The second-order valence-electron chi connectivity index (χ2n) is 6.03. The van der Waals surface area contributed by atoms with Gasteiger partial charge in [0.25, 0.3) is 0 Å². The number of rotatable bonds is 6. The molecule has 3 aliphatic rings. The summed E-state index contributed by atoms with van der Waals surface area (Å²) in [4.78, 5) is 37.2. The fraction of sp³-hybridized carbons (Fsp3) is 0.769. The van der Waals surface area contributed by atoms with Gasteiger partial charge in [0.05, 0.1) is 38.5 Å². The number of nitrogens with zero attached hydrogens (tertiary/aromatic N) is 3. The lowest BCUT2D eigenvalue weighted by molar-refractivity contribution is 0.338. The molecular weight excluding hydrogens is 278 g/mol. The quantitative estimate of drug-likeness (QED) is 0.588. The van der Waals surface area contributed by atoms with Crippen molar-refractivity contribution in [3.63, 3.8) is 0 Å².